The molecule has 0 spiro atoms. The van der Waals surface area contributed by atoms with Crippen LogP contribution < -0.4 is 26.6 Å². The zero-order chi connectivity index (χ0) is 53.6. The molecule has 2 unspecified atom stereocenters. The summed E-state index contributed by atoms with van der Waals surface area (Å²) in [7, 11) is -2.60. The summed E-state index contributed by atoms with van der Waals surface area (Å²) in [6, 6.07) is 4.51. The van der Waals surface area contributed by atoms with Gasteiger partial charge in [-0.15, -0.1) is 0 Å². The molecule has 2 aromatic rings. The van der Waals surface area contributed by atoms with E-state index in [2.05, 4.69) is 30.8 Å². The summed E-state index contributed by atoms with van der Waals surface area (Å²) in [6.45, 7) is 8.48. The first kappa shape index (κ1) is 58.4. The van der Waals surface area contributed by atoms with Crippen molar-refractivity contribution in [2.24, 2.45) is 11.8 Å². The molecule has 2 heterocycles. The number of aromatic hydroxyl groups is 1. The van der Waals surface area contributed by atoms with Crippen molar-refractivity contribution >= 4 is 57.7 Å². The van der Waals surface area contributed by atoms with Crippen molar-refractivity contribution in [1.82, 2.24) is 36.4 Å². The molecule has 24 heteroatoms. The number of ether oxygens (including phenoxy) is 2. The van der Waals surface area contributed by atoms with Crippen LogP contribution in [0.2, 0.25) is 0 Å². The van der Waals surface area contributed by atoms with Gasteiger partial charge in [0.1, 0.15) is 67.0 Å². The van der Waals surface area contributed by atoms with Gasteiger partial charge in [0.05, 0.1) is 0 Å². The van der Waals surface area contributed by atoms with Crippen molar-refractivity contribution in [2.75, 3.05) is 20.8 Å². The molecule has 23 nitrogen and oxygen atoms in total. The number of esters is 1. The smallest absolute Gasteiger partial charge is 0.397 e. The van der Waals surface area contributed by atoms with Crippen molar-refractivity contribution in [2.45, 2.75) is 147 Å². The number of aliphatic hydroxyl groups is 1. The van der Waals surface area contributed by atoms with Gasteiger partial charge in [0.15, 0.2) is 6.10 Å². The number of amides is 7. The third-order valence-electron chi connectivity index (χ3n) is 13.1. The minimum atomic E-state index is -5.02. The molecule has 2 fully saturated rings. The number of phenols is 1. The Bertz CT molecular complexity index is 2340. The van der Waals surface area contributed by atoms with Gasteiger partial charge in [-0.1, -0.05) is 83.0 Å². The molecule has 0 aliphatic carbocycles. The first-order valence-corrected chi connectivity index (χ1v) is 25.2. The van der Waals surface area contributed by atoms with Crippen molar-refractivity contribution in [3.05, 3.63) is 65.7 Å². The molecule has 2 saturated heterocycles. The molecule has 398 valence electrons. The Labute approximate surface area is 419 Å². The maximum atomic E-state index is 14.8. The number of fused-ring (bicyclic) bond motifs is 2. The SMILES string of the molecule is CC[C@H](C)C1C(=O)N(C)[C@@H](Cc2ccccc2)C(=O)N[C@@H]([C@@H](C)CC)C(=O)O[C@H](C)[C@H](NC(=O)[C@H](CCc2ccc(O)cc2)NC(=O)[C@@H](COS(=O)(=O)O)OC)C(=O)N[C@@H](C)C(=O)NC2CC[C@@H](O)N1C2=O. The van der Waals surface area contributed by atoms with Crippen LogP contribution in [0.4, 0.5) is 0 Å². The molecule has 7 amide bonds. The lowest BCUT2D eigenvalue weighted by molar-refractivity contribution is -0.168. The summed E-state index contributed by atoms with van der Waals surface area (Å²) in [5.74, 6) is -8.61. The van der Waals surface area contributed by atoms with Gasteiger partial charge in [0.25, 0.3) is 5.91 Å². The summed E-state index contributed by atoms with van der Waals surface area (Å²) >= 11 is 0. The highest BCUT2D eigenvalue weighted by Gasteiger charge is 2.47. The zero-order valence-corrected chi connectivity index (χ0v) is 42.5. The molecule has 4 rings (SSSR count). The summed E-state index contributed by atoms with van der Waals surface area (Å²) in [6.07, 6.45) is -4.33. The summed E-state index contributed by atoms with van der Waals surface area (Å²) in [5.41, 5.74) is 1.23. The van der Waals surface area contributed by atoms with Crippen molar-refractivity contribution in [3.63, 3.8) is 0 Å². The molecule has 8 N–H and O–H groups in total. The molecule has 72 heavy (non-hydrogen) atoms. The van der Waals surface area contributed by atoms with Crippen LogP contribution in [0.5, 0.6) is 5.75 Å². The van der Waals surface area contributed by atoms with Crippen LogP contribution in [0.3, 0.4) is 0 Å². The highest BCUT2D eigenvalue weighted by atomic mass is 32.3. The highest BCUT2D eigenvalue weighted by Crippen LogP contribution is 2.28. The lowest BCUT2D eigenvalue weighted by atomic mass is 9.91. The number of hydrogen-bond donors (Lipinski definition) is 8. The summed E-state index contributed by atoms with van der Waals surface area (Å²) in [5, 5.41) is 34.0. The number of carbonyl (C=O) groups is 8. The number of likely N-dealkylation sites (N-methyl/N-ethyl adjacent to an activating group) is 1. The number of rotatable bonds is 17. The molecule has 12 atom stereocenters. The fourth-order valence-corrected chi connectivity index (χ4v) is 8.59. The van der Waals surface area contributed by atoms with E-state index in [1.165, 1.54) is 37.9 Å². The van der Waals surface area contributed by atoms with E-state index in [1.807, 2.05) is 0 Å². The number of aryl methyl sites for hydroxylation is 1. The van der Waals surface area contributed by atoms with E-state index in [9.17, 15) is 57.0 Å². The van der Waals surface area contributed by atoms with Crippen LogP contribution in [0.15, 0.2) is 54.6 Å². The molecule has 2 aromatic carbocycles. The maximum Gasteiger partial charge on any atom is 0.397 e. The number of methoxy groups -OCH3 is 1. The summed E-state index contributed by atoms with van der Waals surface area (Å²) in [4.78, 5) is 117. The first-order valence-electron chi connectivity index (χ1n) is 23.9. The predicted molar refractivity (Wildman–Crippen MR) is 257 cm³/mol. The normalized spacial score (nSPS) is 25.8. The predicted octanol–water partition coefficient (Wildman–Crippen LogP) is 0.0197. The Hall–Kier alpha value is -6.21. The van der Waals surface area contributed by atoms with Gasteiger partial charge in [-0.2, -0.15) is 8.42 Å². The minimum Gasteiger partial charge on any atom is -0.508 e. The van der Waals surface area contributed by atoms with Gasteiger partial charge in [-0.05, 0) is 74.6 Å². The van der Waals surface area contributed by atoms with Gasteiger partial charge in [0.2, 0.25) is 35.4 Å². The quantitative estimate of drug-likeness (QED) is 0.0765. The zero-order valence-electron chi connectivity index (χ0n) is 41.7. The third kappa shape index (κ3) is 15.9. The van der Waals surface area contributed by atoms with Crippen LogP contribution in [0.1, 0.15) is 84.8 Å². The van der Waals surface area contributed by atoms with E-state index in [0.29, 0.717) is 24.0 Å². The van der Waals surface area contributed by atoms with E-state index < -0.39 is 137 Å². The fourth-order valence-electron chi connectivity index (χ4n) is 8.29. The van der Waals surface area contributed by atoms with Gasteiger partial charge in [-0.25, -0.2) is 8.98 Å². The number of carbonyl (C=O) groups excluding carboxylic acids is 8. The minimum absolute atomic E-state index is 0.0481. The average molecular weight is 1030 g/mol. The molecular weight excluding hydrogens is 963 g/mol. The Morgan fingerprint density at radius 3 is 2.08 bits per heavy atom. The Balaban J connectivity index is 1.81. The lowest BCUT2D eigenvalue weighted by Crippen LogP contribution is -2.66. The number of piperidine rings is 1. The molecule has 0 saturated carbocycles. The maximum absolute atomic E-state index is 14.8. The average Bonchev–Trinajstić information content (AvgIpc) is 3.34. The highest BCUT2D eigenvalue weighted by molar-refractivity contribution is 7.80. The van der Waals surface area contributed by atoms with Crippen LogP contribution in [-0.4, -0.2) is 162 Å². The number of hydrogen-bond acceptors (Lipinski definition) is 15. The molecule has 2 bridgehead atoms. The van der Waals surface area contributed by atoms with Gasteiger partial charge in [-0.3, -0.25) is 38.1 Å². The van der Waals surface area contributed by atoms with E-state index in [1.54, 1.807) is 70.2 Å². The molecule has 0 radical (unpaired) electrons. The molecule has 2 aliphatic rings. The van der Waals surface area contributed by atoms with Crippen molar-refractivity contribution < 1.29 is 75.2 Å². The Kier molecular flexibility index (Phi) is 21.5. The number of benzene rings is 2. The second-order valence-electron chi connectivity index (χ2n) is 18.3. The molecule has 2 aliphatic heterocycles. The van der Waals surface area contributed by atoms with Gasteiger partial charge < -0.3 is 56.1 Å². The van der Waals surface area contributed by atoms with E-state index in [-0.39, 0.29) is 37.9 Å². The van der Waals surface area contributed by atoms with Crippen LogP contribution in [0, 0.1) is 11.8 Å². The van der Waals surface area contributed by atoms with Crippen LogP contribution >= 0.6 is 0 Å². The van der Waals surface area contributed by atoms with Crippen LogP contribution in [0.25, 0.3) is 0 Å². The van der Waals surface area contributed by atoms with Crippen molar-refractivity contribution in [1.29, 1.82) is 0 Å². The number of nitrogens with one attached hydrogen (secondary N) is 5. The monoisotopic (exact) mass is 1030 g/mol. The number of aliphatic hydroxyl groups excluding tert-OH is 1. The second kappa shape index (κ2) is 26.5. The topological polar surface area (TPSA) is 326 Å². The van der Waals surface area contributed by atoms with Crippen molar-refractivity contribution in [3.8, 4) is 5.75 Å². The van der Waals surface area contributed by atoms with E-state index >= 15 is 0 Å². The Morgan fingerprint density at radius 2 is 1.49 bits per heavy atom. The second-order valence-corrected chi connectivity index (χ2v) is 19.4. The lowest BCUT2D eigenvalue weighted by Gasteiger charge is -2.44. The fraction of sp³-hybridized carbons (Fsp3) is 0.583. The molecular formula is C48H69N7O16S. The number of nitrogens with zero attached hydrogens (tertiary/aromatic N) is 2. The standard InChI is InChI=1S/C48H69N7O16S/c1-9-26(3)38-48(65)71-29(6)39(53-42(59)33(21-18-30-16-19-32(56)20-17-30)50-44(61)36(69-8)25-70-72(66,67)68)45(62)49-28(5)41(58)51-34-22-23-37(57)55(46(34)63)40(27(4)10-2)47(64)54(7)35(43(60)52-38)24-31-14-12-11-13-15-31/h11-17,19-20,26-29,33-40,56-57H,9-10,18,21-25H2,1-8H3,(H,49,62)(H,50,61)(H,51,58)(H,52,60)(H,53,59)(H,66,67,68)/t26-,27-,28-,29+,33-,34?,35-,36+,37+,38-,39-,40?/m0/s1. The van der Waals surface area contributed by atoms with Crippen LogP contribution in [-0.2, 0) is 75.3 Å². The summed E-state index contributed by atoms with van der Waals surface area (Å²) < 4.78 is 47.0. The first-order chi connectivity index (χ1) is 33.9. The van der Waals surface area contributed by atoms with E-state index in [0.717, 1.165) is 12.0 Å². The third-order valence-corrected chi connectivity index (χ3v) is 13.6. The largest absolute Gasteiger partial charge is 0.508 e. The Morgan fingerprint density at radius 1 is 0.847 bits per heavy atom. The van der Waals surface area contributed by atoms with Gasteiger partial charge in [0, 0.05) is 20.6 Å². The van der Waals surface area contributed by atoms with E-state index in [4.69, 9.17) is 14.0 Å². The number of cyclic esters (lactones) is 1. The number of phenolic OH excluding ortho intramolecular Hbond substituents is 1. The molecule has 0 aromatic heterocycles. The van der Waals surface area contributed by atoms with Gasteiger partial charge >= 0.3 is 16.4 Å².